The van der Waals surface area contributed by atoms with Crippen LogP contribution in [-0.4, -0.2) is 7.28 Å². The maximum absolute atomic E-state index is 7.53. The first-order valence-electron chi connectivity index (χ1n) is 26.9. The zero-order chi connectivity index (χ0) is 51.4. The minimum atomic E-state index is -0.291. The van der Waals surface area contributed by atoms with Gasteiger partial charge < -0.3 is 14.2 Å². The van der Waals surface area contributed by atoms with Crippen LogP contribution in [0, 0.1) is 0 Å². The number of hydrogen-bond donors (Lipinski definition) is 1. The molecule has 5 heteroatoms. The molecule has 2 aliphatic carbocycles. The Balaban J connectivity index is 1.17. The largest absolute Gasteiger partial charge is 0.454 e. The molecule has 10 aromatic rings. The topological polar surface area (TPSA) is 41.6 Å². The highest BCUT2D eigenvalue weighted by molar-refractivity contribution is 6.76. The van der Waals surface area contributed by atoms with Gasteiger partial charge in [0.25, 0.3) is 0 Å². The molecule has 0 fully saturated rings. The molecule has 3 heterocycles. The van der Waals surface area contributed by atoms with Gasteiger partial charge in [-0.15, -0.1) is 0 Å². The second kappa shape index (κ2) is 15.9. The average Bonchev–Trinajstić information content (AvgIpc) is 4.04. The summed E-state index contributed by atoms with van der Waals surface area (Å²) < 4.78 is 14.8. The molecule has 368 valence electrons. The summed E-state index contributed by atoms with van der Waals surface area (Å²) in [5, 5.41) is 7.51. The van der Waals surface area contributed by atoms with E-state index in [1.54, 1.807) is 0 Å². The van der Waals surface area contributed by atoms with E-state index in [-0.39, 0.29) is 27.1 Å². The molecule has 13 rings (SSSR count). The van der Waals surface area contributed by atoms with Gasteiger partial charge in [0.1, 0.15) is 11.2 Å². The van der Waals surface area contributed by atoms with Gasteiger partial charge in [-0.1, -0.05) is 186 Å². The van der Waals surface area contributed by atoms with Crippen molar-refractivity contribution in [3.8, 4) is 33.4 Å². The number of nitrogens with zero attached hydrogens (tertiary/aromatic N) is 1. The van der Waals surface area contributed by atoms with Crippen LogP contribution in [0.3, 0.4) is 0 Å². The number of para-hydroxylation sites is 1. The summed E-state index contributed by atoms with van der Waals surface area (Å²) in [7, 11) is 0.653. The van der Waals surface area contributed by atoms with E-state index in [2.05, 4.69) is 245 Å². The van der Waals surface area contributed by atoms with Gasteiger partial charge in [-0.25, -0.2) is 0 Å². The third-order valence-electron chi connectivity index (χ3n) is 17.5. The molecule has 1 aliphatic heterocycles. The summed E-state index contributed by atoms with van der Waals surface area (Å²) in [4.78, 5) is 2.46. The van der Waals surface area contributed by atoms with Gasteiger partial charge in [0.2, 0.25) is 7.28 Å². The first-order valence-corrected chi connectivity index (χ1v) is 26.9. The molecule has 74 heavy (non-hydrogen) atoms. The van der Waals surface area contributed by atoms with Crippen molar-refractivity contribution in [2.75, 3.05) is 10.2 Å². The molecule has 2 aromatic heterocycles. The second-order valence-electron chi connectivity index (χ2n) is 25.7. The summed E-state index contributed by atoms with van der Waals surface area (Å²) in [6.45, 7) is 28.3. The molecule has 0 unspecified atom stereocenters. The lowest BCUT2D eigenvalue weighted by Crippen LogP contribution is -2.40. The van der Waals surface area contributed by atoms with E-state index in [1.165, 1.54) is 66.4 Å². The third kappa shape index (κ3) is 7.01. The highest BCUT2D eigenvalue weighted by atomic mass is 16.4. The Bertz CT molecular complexity index is 3940. The van der Waals surface area contributed by atoms with Crippen molar-refractivity contribution >= 4 is 79.7 Å². The van der Waals surface area contributed by atoms with E-state index in [9.17, 15) is 0 Å². The smallest absolute Gasteiger partial charge is 0.204 e. The van der Waals surface area contributed by atoms with Crippen LogP contribution in [0.4, 0.5) is 28.6 Å². The predicted octanol–water partition coefficient (Wildman–Crippen LogP) is 17.8. The average molecular weight is 967 g/mol. The number of rotatable bonds is 5. The summed E-state index contributed by atoms with van der Waals surface area (Å²) in [6, 6.07) is 56.8. The lowest BCUT2D eigenvalue weighted by Gasteiger charge is -2.41. The molecule has 0 saturated heterocycles. The van der Waals surface area contributed by atoms with E-state index in [0.717, 1.165) is 85.7 Å². The van der Waals surface area contributed by atoms with Crippen LogP contribution in [0.15, 0.2) is 160 Å². The third-order valence-corrected chi connectivity index (χ3v) is 17.5. The minimum Gasteiger partial charge on any atom is -0.454 e. The number of nitrogens with one attached hydrogen (secondary N) is 1. The zero-order valence-electron chi connectivity index (χ0n) is 45.3. The molecule has 0 saturated carbocycles. The predicted molar refractivity (Wildman–Crippen MR) is 315 cm³/mol. The second-order valence-corrected chi connectivity index (χ2v) is 25.7. The fourth-order valence-corrected chi connectivity index (χ4v) is 13.1. The first-order chi connectivity index (χ1) is 35.2. The number of fused-ring (bicyclic) bond motifs is 12. The summed E-state index contributed by atoms with van der Waals surface area (Å²) in [5.41, 5.74) is 24.3. The van der Waals surface area contributed by atoms with Crippen molar-refractivity contribution in [1.29, 1.82) is 0 Å². The van der Waals surface area contributed by atoms with E-state index in [0.29, 0.717) is 7.28 Å². The number of furan rings is 2. The van der Waals surface area contributed by atoms with Gasteiger partial charge in [-0.05, 0) is 150 Å². The first kappa shape index (κ1) is 46.5. The number of hydrogen-bond acceptors (Lipinski definition) is 4. The lowest BCUT2D eigenvalue weighted by molar-refractivity contribution is 0.332. The summed E-state index contributed by atoms with van der Waals surface area (Å²) in [6.07, 6.45) is 2.26. The van der Waals surface area contributed by atoms with Crippen molar-refractivity contribution in [1.82, 2.24) is 0 Å². The molecule has 0 radical (unpaired) electrons. The van der Waals surface area contributed by atoms with Crippen molar-refractivity contribution in [3.63, 3.8) is 0 Å². The Morgan fingerprint density at radius 1 is 0.500 bits per heavy atom. The van der Waals surface area contributed by atoms with Gasteiger partial charge in [0, 0.05) is 38.4 Å². The lowest BCUT2D eigenvalue weighted by atomic mass is 9.57. The molecule has 0 spiro atoms. The standard InChI is InChI=1S/C69H67BN2O2/c1-65(2,3)41-26-29-43(30-27-41)71-61-47(32-31-46-44-22-16-18-24-52(44)69(11,12)58(46)61)49-37-50-45-23-17-19-25-56(45)73-63(50)62-59(49)70-60-51-38-53-54(68(9,10)35-34-67(53,7)8)39-57(51)74-64(60)72(62)55-33-28-42(66(4,5)6)36-48(55)40-20-14-13-15-21-40/h13-33,36-39,70-71H,34-35H2,1-12H3. The SMILES string of the molecule is CC(C)(C)c1ccc(Nc2c(-c3cc4c(oc5ccccc54)c4c3Bc3c(oc5cc6c(cc35)C(C)(C)CCC6(C)C)N4c3ccc(C(C)(C)C)cc3-c3ccccc3)ccc3c2C(C)(C)c2ccccc2-3)cc1. The Morgan fingerprint density at radius 2 is 1.15 bits per heavy atom. The molecular formula is C69H67BN2O2. The molecular weight excluding hydrogens is 900 g/mol. The van der Waals surface area contributed by atoms with E-state index in [4.69, 9.17) is 8.83 Å². The van der Waals surface area contributed by atoms with Gasteiger partial charge in [-0.2, -0.15) is 0 Å². The van der Waals surface area contributed by atoms with E-state index < -0.39 is 0 Å². The zero-order valence-corrected chi connectivity index (χ0v) is 45.3. The van der Waals surface area contributed by atoms with Crippen LogP contribution in [0.25, 0.3) is 66.3 Å². The van der Waals surface area contributed by atoms with Crippen molar-refractivity contribution in [2.45, 2.75) is 123 Å². The van der Waals surface area contributed by atoms with Crippen LogP contribution < -0.4 is 21.1 Å². The maximum Gasteiger partial charge on any atom is 0.204 e. The van der Waals surface area contributed by atoms with Crippen LogP contribution in [0.2, 0.25) is 0 Å². The Morgan fingerprint density at radius 3 is 1.88 bits per heavy atom. The van der Waals surface area contributed by atoms with Gasteiger partial charge in [-0.3, -0.25) is 4.90 Å². The van der Waals surface area contributed by atoms with Gasteiger partial charge in [0.15, 0.2) is 11.5 Å². The molecule has 8 aromatic carbocycles. The summed E-state index contributed by atoms with van der Waals surface area (Å²) in [5.74, 6) is 0.855. The number of anilines is 5. The monoisotopic (exact) mass is 967 g/mol. The Labute approximate surface area is 438 Å². The van der Waals surface area contributed by atoms with Crippen LogP contribution in [-0.2, 0) is 27.1 Å². The van der Waals surface area contributed by atoms with Crippen LogP contribution in [0.1, 0.15) is 129 Å². The van der Waals surface area contributed by atoms with E-state index >= 15 is 0 Å². The molecule has 3 aliphatic rings. The highest BCUT2D eigenvalue weighted by Crippen LogP contribution is 2.56. The molecule has 4 nitrogen and oxygen atoms in total. The van der Waals surface area contributed by atoms with Crippen molar-refractivity contribution in [3.05, 3.63) is 185 Å². The van der Waals surface area contributed by atoms with Crippen LogP contribution >= 0.6 is 0 Å². The van der Waals surface area contributed by atoms with E-state index in [1.807, 2.05) is 0 Å². The number of benzene rings is 8. The molecule has 0 bridgehead atoms. The maximum atomic E-state index is 7.53. The molecule has 0 atom stereocenters. The van der Waals surface area contributed by atoms with Crippen molar-refractivity contribution < 1.29 is 8.83 Å². The fourth-order valence-electron chi connectivity index (χ4n) is 13.1. The highest BCUT2D eigenvalue weighted by Gasteiger charge is 2.43. The van der Waals surface area contributed by atoms with Gasteiger partial charge in [0.05, 0.1) is 17.1 Å². The minimum absolute atomic E-state index is 0.0172. The van der Waals surface area contributed by atoms with Gasteiger partial charge >= 0.3 is 0 Å². The summed E-state index contributed by atoms with van der Waals surface area (Å²) >= 11 is 0. The fraction of sp³-hybridized carbons (Fsp3) is 0.275. The molecule has 0 amide bonds. The Kier molecular flexibility index (Phi) is 9.99. The van der Waals surface area contributed by atoms with Crippen molar-refractivity contribution in [2.24, 2.45) is 0 Å². The molecule has 1 N–H and O–H groups in total. The Hall–Kier alpha value is -7.24. The quantitative estimate of drug-likeness (QED) is 0.175. The van der Waals surface area contributed by atoms with Crippen LogP contribution in [0.5, 0.6) is 0 Å². The normalized spacial score (nSPS) is 16.1.